The molecule has 8 heteroatoms. The molecule has 8 nitrogen and oxygen atoms in total. The molecule has 0 amide bonds. The predicted molar refractivity (Wildman–Crippen MR) is 128 cm³/mol. The summed E-state index contributed by atoms with van der Waals surface area (Å²) >= 11 is 0. The van der Waals surface area contributed by atoms with Gasteiger partial charge in [0.2, 0.25) is 0 Å². The van der Waals surface area contributed by atoms with Crippen LogP contribution < -0.4 is 16.6 Å². The summed E-state index contributed by atoms with van der Waals surface area (Å²) in [5.74, 6) is 0.402. The van der Waals surface area contributed by atoms with Gasteiger partial charge in [-0.05, 0) is 11.1 Å². The van der Waals surface area contributed by atoms with Gasteiger partial charge in [-0.2, -0.15) is 0 Å². The average molecular weight is 451 g/mol. The van der Waals surface area contributed by atoms with Crippen molar-refractivity contribution in [1.82, 2.24) is 14.0 Å². The molecule has 0 bridgehead atoms. The summed E-state index contributed by atoms with van der Waals surface area (Å²) in [7, 11) is 0. The van der Waals surface area contributed by atoms with Gasteiger partial charge >= 0.3 is 5.69 Å². The third-order valence-electron chi connectivity index (χ3n) is 5.74. The van der Waals surface area contributed by atoms with Crippen molar-refractivity contribution >= 4 is 5.82 Å². The third kappa shape index (κ3) is 6.19. The first-order valence-corrected chi connectivity index (χ1v) is 11.2. The molecular weight excluding hydrogens is 420 g/mol. The zero-order valence-corrected chi connectivity index (χ0v) is 18.6. The van der Waals surface area contributed by atoms with Crippen LogP contribution in [0.25, 0.3) is 0 Å². The van der Waals surface area contributed by atoms with E-state index in [1.165, 1.54) is 10.6 Å². The lowest BCUT2D eigenvalue weighted by atomic mass is 10.2. The van der Waals surface area contributed by atoms with Gasteiger partial charge in [0.1, 0.15) is 5.82 Å². The lowest BCUT2D eigenvalue weighted by Gasteiger charge is -2.28. The summed E-state index contributed by atoms with van der Waals surface area (Å²) in [5, 5.41) is 13.7. The average Bonchev–Trinajstić information content (AvgIpc) is 2.84. The van der Waals surface area contributed by atoms with Gasteiger partial charge in [-0.3, -0.25) is 18.8 Å². The fourth-order valence-electron chi connectivity index (χ4n) is 3.96. The first kappa shape index (κ1) is 23.0. The number of aliphatic hydroxyl groups excluding tert-OH is 1. The molecule has 1 aliphatic rings. The quantitative estimate of drug-likeness (QED) is 0.510. The summed E-state index contributed by atoms with van der Waals surface area (Å²) in [6.07, 6.45) is -0.643. The van der Waals surface area contributed by atoms with Crippen molar-refractivity contribution < 1.29 is 9.84 Å². The van der Waals surface area contributed by atoms with Gasteiger partial charge in [0.25, 0.3) is 5.56 Å². The van der Waals surface area contributed by atoms with Crippen LogP contribution in [-0.4, -0.2) is 64.6 Å². The summed E-state index contributed by atoms with van der Waals surface area (Å²) in [6.45, 7) is 4.14. The first-order chi connectivity index (χ1) is 16.1. The maximum Gasteiger partial charge on any atom is 0.333 e. The van der Waals surface area contributed by atoms with Crippen LogP contribution in [0.2, 0.25) is 0 Å². The van der Waals surface area contributed by atoms with E-state index in [1.807, 2.05) is 60.7 Å². The highest BCUT2D eigenvalue weighted by atomic mass is 16.5. The summed E-state index contributed by atoms with van der Waals surface area (Å²) in [6, 6.07) is 20.5. The minimum atomic E-state index is -0.643. The minimum Gasteiger partial charge on any atom is -0.390 e. The largest absolute Gasteiger partial charge is 0.390 e. The maximum atomic E-state index is 13.4. The Labute approximate surface area is 192 Å². The molecule has 2 aromatic carbocycles. The lowest BCUT2D eigenvalue weighted by molar-refractivity contribution is 0.0171. The standard InChI is InChI=1S/C25H30N4O4/c30-22(19-27-11-13-33-14-12-27)16-26-23-15-24(31)29(18-21-9-5-2-6-10-21)25(32)28(23)17-20-7-3-1-4-8-20/h1-10,15,22,26,30H,11-14,16-19H2. The van der Waals surface area contributed by atoms with Crippen molar-refractivity contribution in [2.75, 3.05) is 44.7 Å². The van der Waals surface area contributed by atoms with Gasteiger partial charge in [-0.25, -0.2) is 4.79 Å². The highest BCUT2D eigenvalue weighted by Crippen LogP contribution is 2.09. The molecule has 3 aromatic rings. The second-order valence-corrected chi connectivity index (χ2v) is 8.24. The smallest absolute Gasteiger partial charge is 0.333 e. The fraction of sp³-hybridized carbons (Fsp3) is 0.360. The van der Waals surface area contributed by atoms with E-state index in [9.17, 15) is 14.7 Å². The molecule has 4 rings (SSSR count). The van der Waals surface area contributed by atoms with Crippen molar-refractivity contribution in [2.24, 2.45) is 0 Å². The van der Waals surface area contributed by atoms with Crippen LogP contribution in [0.3, 0.4) is 0 Å². The molecule has 1 fully saturated rings. The van der Waals surface area contributed by atoms with E-state index in [1.54, 1.807) is 4.57 Å². The number of benzene rings is 2. The molecule has 1 unspecified atom stereocenters. The molecule has 1 saturated heterocycles. The van der Waals surface area contributed by atoms with Crippen molar-refractivity contribution in [3.05, 3.63) is 98.7 Å². The van der Waals surface area contributed by atoms with E-state index in [0.717, 1.165) is 24.2 Å². The lowest BCUT2D eigenvalue weighted by Crippen LogP contribution is -2.44. The highest BCUT2D eigenvalue weighted by molar-refractivity contribution is 5.36. The number of rotatable bonds is 9. The van der Waals surface area contributed by atoms with E-state index in [2.05, 4.69) is 10.2 Å². The van der Waals surface area contributed by atoms with Gasteiger partial charge in [0, 0.05) is 32.2 Å². The Morgan fingerprint density at radius 2 is 1.45 bits per heavy atom. The highest BCUT2D eigenvalue weighted by Gasteiger charge is 2.17. The van der Waals surface area contributed by atoms with Crippen LogP contribution in [0.15, 0.2) is 76.3 Å². The van der Waals surface area contributed by atoms with Crippen LogP contribution in [-0.2, 0) is 17.8 Å². The van der Waals surface area contributed by atoms with Gasteiger partial charge < -0.3 is 15.2 Å². The number of nitrogens with one attached hydrogen (secondary N) is 1. The van der Waals surface area contributed by atoms with Crippen molar-refractivity contribution in [1.29, 1.82) is 0 Å². The molecule has 33 heavy (non-hydrogen) atoms. The number of hydrogen-bond acceptors (Lipinski definition) is 6. The van der Waals surface area contributed by atoms with Gasteiger partial charge in [-0.15, -0.1) is 0 Å². The maximum absolute atomic E-state index is 13.4. The summed E-state index contributed by atoms with van der Waals surface area (Å²) in [4.78, 5) is 28.4. The van der Waals surface area contributed by atoms with Gasteiger partial charge in [0.15, 0.2) is 0 Å². The molecule has 0 spiro atoms. The van der Waals surface area contributed by atoms with E-state index in [0.29, 0.717) is 32.1 Å². The van der Waals surface area contributed by atoms with Crippen molar-refractivity contribution in [3.8, 4) is 0 Å². The molecule has 2 heterocycles. The van der Waals surface area contributed by atoms with E-state index in [-0.39, 0.29) is 24.3 Å². The Morgan fingerprint density at radius 3 is 2.06 bits per heavy atom. The molecule has 1 atom stereocenters. The number of ether oxygens (including phenoxy) is 1. The minimum absolute atomic E-state index is 0.202. The number of β-amino-alcohol motifs (C(OH)–C–C–N with tert-alkyl or cyclic N) is 1. The van der Waals surface area contributed by atoms with E-state index >= 15 is 0 Å². The topological polar surface area (TPSA) is 88.7 Å². The summed E-state index contributed by atoms with van der Waals surface area (Å²) in [5.41, 5.74) is 1.06. The Balaban J connectivity index is 1.58. The number of aromatic nitrogens is 2. The Bertz CT molecular complexity index is 1140. The van der Waals surface area contributed by atoms with Crippen LogP contribution >= 0.6 is 0 Å². The van der Waals surface area contributed by atoms with E-state index in [4.69, 9.17) is 4.74 Å². The zero-order valence-electron chi connectivity index (χ0n) is 18.6. The Kier molecular flexibility index (Phi) is 7.72. The number of hydrogen-bond donors (Lipinski definition) is 2. The Morgan fingerprint density at radius 1 is 0.879 bits per heavy atom. The SMILES string of the molecule is O=c1cc(NCC(O)CN2CCOCC2)n(Cc2ccccc2)c(=O)n1Cc1ccccc1. The third-order valence-corrected chi connectivity index (χ3v) is 5.74. The molecule has 0 saturated carbocycles. The predicted octanol–water partition coefficient (Wildman–Crippen LogP) is 1.21. The van der Waals surface area contributed by atoms with Gasteiger partial charge in [-0.1, -0.05) is 60.7 Å². The van der Waals surface area contributed by atoms with Crippen molar-refractivity contribution in [2.45, 2.75) is 19.2 Å². The first-order valence-electron chi connectivity index (χ1n) is 11.2. The molecule has 2 N–H and O–H groups in total. The molecular formula is C25H30N4O4. The zero-order chi connectivity index (χ0) is 23.0. The van der Waals surface area contributed by atoms with Crippen molar-refractivity contribution in [3.63, 3.8) is 0 Å². The van der Waals surface area contributed by atoms with Crippen LogP contribution in [0.5, 0.6) is 0 Å². The molecule has 0 radical (unpaired) electrons. The number of aliphatic hydroxyl groups is 1. The number of anilines is 1. The molecule has 1 aliphatic heterocycles. The monoisotopic (exact) mass is 450 g/mol. The van der Waals surface area contributed by atoms with Gasteiger partial charge in [0.05, 0.1) is 32.4 Å². The Hall–Kier alpha value is -3.20. The molecule has 0 aliphatic carbocycles. The summed E-state index contributed by atoms with van der Waals surface area (Å²) < 4.78 is 8.15. The molecule has 174 valence electrons. The number of nitrogens with zero attached hydrogens (tertiary/aromatic N) is 3. The second-order valence-electron chi connectivity index (χ2n) is 8.24. The second kappa shape index (κ2) is 11.1. The number of morpholine rings is 1. The van der Waals surface area contributed by atoms with E-state index < -0.39 is 6.10 Å². The molecule has 1 aromatic heterocycles. The van der Waals surface area contributed by atoms with Crippen LogP contribution in [0.1, 0.15) is 11.1 Å². The van der Waals surface area contributed by atoms with Crippen LogP contribution in [0, 0.1) is 0 Å². The normalized spacial score (nSPS) is 15.3. The van der Waals surface area contributed by atoms with Crippen LogP contribution in [0.4, 0.5) is 5.82 Å². The fourth-order valence-corrected chi connectivity index (χ4v) is 3.96.